The summed E-state index contributed by atoms with van der Waals surface area (Å²) >= 11 is 5.70. The van der Waals surface area contributed by atoms with Crippen LogP contribution in [0.3, 0.4) is 0 Å². The van der Waals surface area contributed by atoms with Crippen LogP contribution >= 0.6 is 11.6 Å². The fourth-order valence-electron chi connectivity index (χ4n) is 1.63. The maximum absolute atomic E-state index is 12.1. The number of hydrogen-bond acceptors (Lipinski definition) is 3. The van der Waals surface area contributed by atoms with Crippen LogP contribution in [0.1, 0.15) is 31.4 Å². The van der Waals surface area contributed by atoms with Gasteiger partial charge in [0.1, 0.15) is 5.75 Å². The smallest absolute Gasteiger partial charge is 0.404 e. The molecule has 0 unspecified atom stereocenters. The number of hydrogen-bond donors (Lipinski definition) is 2. The van der Waals surface area contributed by atoms with Gasteiger partial charge in [0.2, 0.25) is 0 Å². The zero-order chi connectivity index (χ0) is 14.6. The molecule has 1 aromatic carbocycles. The van der Waals surface area contributed by atoms with Gasteiger partial charge >= 0.3 is 6.36 Å². The Bertz CT molecular complexity index is 426. The van der Waals surface area contributed by atoms with Crippen molar-refractivity contribution in [2.24, 2.45) is 5.73 Å². The van der Waals surface area contributed by atoms with Gasteiger partial charge in [-0.1, -0.05) is 31.0 Å². The van der Waals surface area contributed by atoms with Gasteiger partial charge in [-0.3, -0.25) is 0 Å². The van der Waals surface area contributed by atoms with Crippen molar-refractivity contribution in [1.29, 1.82) is 0 Å². The van der Waals surface area contributed by atoms with Crippen LogP contribution in [-0.4, -0.2) is 17.6 Å². The highest BCUT2D eigenvalue weighted by atomic mass is 35.5. The second-order valence-electron chi connectivity index (χ2n) is 4.12. The largest absolute Gasteiger partial charge is 0.573 e. The molecule has 7 heteroatoms. The molecular weight excluding hydrogens is 283 g/mol. The van der Waals surface area contributed by atoms with E-state index in [9.17, 15) is 18.3 Å². The third-order valence-corrected chi connectivity index (χ3v) is 2.86. The van der Waals surface area contributed by atoms with Crippen LogP contribution < -0.4 is 10.5 Å². The van der Waals surface area contributed by atoms with Gasteiger partial charge < -0.3 is 15.6 Å². The summed E-state index contributed by atoms with van der Waals surface area (Å²) in [6.07, 6.45) is -4.32. The molecule has 1 aromatic rings. The van der Waals surface area contributed by atoms with E-state index in [1.807, 2.05) is 6.92 Å². The van der Waals surface area contributed by atoms with Gasteiger partial charge in [0, 0.05) is 0 Å². The lowest BCUT2D eigenvalue weighted by molar-refractivity contribution is -0.274. The zero-order valence-corrected chi connectivity index (χ0v) is 11.0. The molecule has 0 aliphatic rings. The predicted molar refractivity (Wildman–Crippen MR) is 66.0 cm³/mol. The third-order valence-electron chi connectivity index (χ3n) is 2.57. The van der Waals surface area contributed by atoms with E-state index >= 15 is 0 Å². The van der Waals surface area contributed by atoms with Crippen molar-refractivity contribution >= 4 is 11.6 Å². The monoisotopic (exact) mass is 297 g/mol. The number of nitrogens with two attached hydrogens (primary N) is 1. The van der Waals surface area contributed by atoms with Crippen molar-refractivity contribution in [3.63, 3.8) is 0 Å². The Labute approximate surface area is 114 Å². The van der Waals surface area contributed by atoms with E-state index < -0.39 is 24.3 Å². The molecule has 3 N–H and O–H groups in total. The van der Waals surface area contributed by atoms with Crippen molar-refractivity contribution in [3.8, 4) is 5.75 Å². The Morgan fingerprint density at radius 2 is 2.05 bits per heavy atom. The lowest BCUT2D eigenvalue weighted by Gasteiger charge is -2.19. The van der Waals surface area contributed by atoms with E-state index in [-0.39, 0.29) is 5.02 Å². The molecule has 19 heavy (non-hydrogen) atoms. The second kappa shape index (κ2) is 6.45. The van der Waals surface area contributed by atoms with Crippen molar-refractivity contribution < 1.29 is 23.0 Å². The molecule has 108 valence electrons. The molecule has 0 fully saturated rings. The highest BCUT2D eigenvalue weighted by molar-refractivity contribution is 6.32. The van der Waals surface area contributed by atoms with E-state index in [0.717, 1.165) is 12.5 Å². The van der Waals surface area contributed by atoms with Crippen molar-refractivity contribution in [1.82, 2.24) is 0 Å². The first kappa shape index (κ1) is 16.1. The summed E-state index contributed by atoms with van der Waals surface area (Å²) in [5.41, 5.74) is 6.26. The molecule has 2 atom stereocenters. The van der Waals surface area contributed by atoms with E-state index in [0.29, 0.717) is 12.0 Å². The Morgan fingerprint density at radius 1 is 1.42 bits per heavy atom. The molecule has 0 radical (unpaired) electrons. The van der Waals surface area contributed by atoms with E-state index in [1.54, 1.807) is 0 Å². The number of rotatable bonds is 5. The Balaban J connectivity index is 2.87. The molecule has 3 nitrogen and oxygen atoms in total. The summed E-state index contributed by atoms with van der Waals surface area (Å²) in [5.74, 6) is -0.491. The van der Waals surface area contributed by atoms with Gasteiger partial charge in [-0.25, -0.2) is 0 Å². The van der Waals surface area contributed by atoms with Gasteiger partial charge in [-0.2, -0.15) is 0 Å². The highest BCUT2D eigenvalue weighted by Crippen LogP contribution is 2.32. The Morgan fingerprint density at radius 3 is 2.53 bits per heavy atom. The molecule has 1 rings (SSSR count). The third kappa shape index (κ3) is 4.89. The molecule has 0 aliphatic heterocycles. The minimum Gasteiger partial charge on any atom is -0.404 e. The van der Waals surface area contributed by atoms with Crippen LogP contribution in [0.4, 0.5) is 13.2 Å². The minimum absolute atomic E-state index is 0.200. The quantitative estimate of drug-likeness (QED) is 0.876. The first-order chi connectivity index (χ1) is 8.74. The topological polar surface area (TPSA) is 55.5 Å². The molecule has 0 saturated heterocycles. The normalized spacial score (nSPS) is 15.1. The summed E-state index contributed by atoms with van der Waals surface area (Å²) in [6.45, 7) is 1.89. The number of ether oxygens (including phenoxy) is 1. The van der Waals surface area contributed by atoms with Gasteiger partial charge in [0.05, 0.1) is 17.2 Å². The maximum atomic E-state index is 12.1. The van der Waals surface area contributed by atoms with Gasteiger partial charge in [-0.15, -0.1) is 13.2 Å². The molecule has 0 aliphatic carbocycles. The van der Waals surface area contributed by atoms with Gasteiger partial charge in [0.25, 0.3) is 0 Å². The molecule has 0 amide bonds. The van der Waals surface area contributed by atoms with Crippen LogP contribution in [0.15, 0.2) is 18.2 Å². The van der Waals surface area contributed by atoms with Crippen molar-refractivity contribution in [3.05, 3.63) is 28.8 Å². The number of aliphatic hydroxyl groups is 1. The average molecular weight is 298 g/mol. The lowest BCUT2D eigenvalue weighted by atomic mass is 9.99. The molecule has 0 aromatic heterocycles. The van der Waals surface area contributed by atoms with Crippen LogP contribution in [0.25, 0.3) is 0 Å². The highest BCUT2D eigenvalue weighted by Gasteiger charge is 2.32. The summed E-state index contributed by atoms with van der Waals surface area (Å²) in [6, 6.07) is 3.02. The summed E-state index contributed by atoms with van der Waals surface area (Å²) in [4.78, 5) is 0. The zero-order valence-electron chi connectivity index (χ0n) is 10.2. The predicted octanol–water partition coefficient (Wildman–Crippen LogP) is 3.40. The Kier molecular flexibility index (Phi) is 5.46. The standard InChI is InChI=1S/C12H15ClF3NO2/c1-2-3-9(18)11(17)7-4-5-10(8(13)6-7)19-12(14,15)16/h4-6,9,11,18H,2-3,17H2,1H3/t9-,11+/m1/s1. The fourth-order valence-corrected chi connectivity index (χ4v) is 1.86. The minimum atomic E-state index is -4.80. The van der Waals surface area contributed by atoms with Gasteiger partial charge in [-0.05, 0) is 24.1 Å². The lowest BCUT2D eigenvalue weighted by Crippen LogP contribution is -2.26. The van der Waals surface area contributed by atoms with E-state index in [1.165, 1.54) is 12.1 Å². The second-order valence-corrected chi connectivity index (χ2v) is 4.53. The number of halogens is 4. The van der Waals surface area contributed by atoms with Gasteiger partial charge in [0.15, 0.2) is 0 Å². The maximum Gasteiger partial charge on any atom is 0.573 e. The molecule has 0 spiro atoms. The number of aliphatic hydroxyl groups excluding tert-OH is 1. The van der Waals surface area contributed by atoms with E-state index in [2.05, 4.69) is 4.74 Å². The first-order valence-corrected chi connectivity index (χ1v) is 6.11. The summed E-state index contributed by atoms with van der Waals surface area (Å²) < 4.78 is 39.9. The molecule has 0 heterocycles. The molecular formula is C12H15ClF3NO2. The SMILES string of the molecule is CCC[C@@H](O)[C@@H](N)c1ccc(OC(F)(F)F)c(Cl)c1. The van der Waals surface area contributed by atoms with Crippen molar-refractivity contribution in [2.45, 2.75) is 38.3 Å². The van der Waals surface area contributed by atoms with Crippen LogP contribution in [0.5, 0.6) is 5.75 Å². The molecule has 0 saturated carbocycles. The van der Waals surface area contributed by atoms with Crippen LogP contribution in [0.2, 0.25) is 5.02 Å². The average Bonchev–Trinajstić information content (AvgIpc) is 2.29. The fraction of sp³-hybridized carbons (Fsp3) is 0.500. The van der Waals surface area contributed by atoms with Crippen molar-refractivity contribution in [2.75, 3.05) is 0 Å². The van der Waals surface area contributed by atoms with Crippen LogP contribution in [0, 0.1) is 0 Å². The first-order valence-electron chi connectivity index (χ1n) is 5.73. The van der Waals surface area contributed by atoms with E-state index in [4.69, 9.17) is 17.3 Å². The molecule has 0 bridgehead atoms. The Hall–Kier alpha value is -0.980. The summed E-state index contributed by atoms with van der Waals surface area (Å²) in [5, 5.41) is 9.54. The number of alkyl halides is 3. The van der Waals surface area contributed by atoms with Crippen LogP contribution in [-0.2, 0) is 0 Å². The number of benzene rings is 1. The summed E-state index contributed by atoms with van der Waals surface area (Å²) in [7, 11) is 0.